The van der Waals surface area contributed by atoms with Crippen LogP contribution in [0.4, 0.5) is 4.39 Å². The monoisotopic (exact) mass is 332 g/mol. The van der Waals surface area contributed by atoms with Crippen LogP contribution in [0.5, 0.6) is 0 Å². The molecule has 0 fully saturated rings. The predicted molar refractivity (Wildman–Crippen MR) is 72.9 cm³/mol. The third kappa shape index (κ3) is 3.76. The molecule has 2 rings (SSSR count). The van der Waals surface area contributed by atoms with Crippen molar-refractivity contribution in [1.29, 1.82) is 0 Å². The highest BCUT2D eigenvalue weighted by molar-refractivity contribution is 9.10. The molecule has 0 aliphatic heterocycles. The SMILES string of the molecule is CCc1nsc(SCc2cc(F)cc(Br)c2)n1. The van der Waals surface area contributed by atoms with Gasteiger partial charge in [0.2, 0.25) is 0 Å². The number of thioether (sulfide) groups is 1. The lowest BCUT2D eigenvalue weighted by Crippen LogP contribution is -1.84. The molecule has 0 aliphatic rings. The average molecular weight is 333 g/mol. The van der Waals surface area contributed by atoms with Gasteiger partial charge in [-0.2, -0.15) is 4.37 Å². The first-order valence-corrected chi connectivity index (χ1v) is 7.63. The van der Waals surface area contributed by atoms with Gasteiger partial charge >= 0.3 is 0 Å². The number of aryl methyl sites for hydroxylation is 1. The Kier molecular flexibility index (Phi) is 4.53. The van der Waals surface area contributed by atoms with Gasteiger partial charge in [-0.05, 0) is 35.3 Å². The molecule has 2 nitrogen and oxygen atoms in total. The van der Waals surface area contributed by atoms with Crippen LogP contribution in [0.15, 0.2) is 27.0 Å². The van der Waals surface area contributed by atoms with Crippen molar-refractivity contribution in [3.8, 4) is 0 Å². The molecule has 17 heavy (non-hydrogen) atoms. The van der Waals surface area contributed by atoms with Crippen LogP contribution in [-0.2, 0) is 12.2 Å². The molecule has 2 aromatic rings. The van der Waals surface area contributed by atoms with Gasteiger partial charge in [0, 0.05) is 16.6 Å². The van der Waals surface area contributed by atoms with E-state index in [1.165, 1.54) is 17.6 Å². The van der Waals surface area contributed by atoms with E-state index in [0.717, 1.165) is 26.6 Å². The van der Waals surface area contributed by atoms with Crippen LogP contribution in [0.2, 0.25) is 0 Å². The van der Waals surface area contributed by atoms with E-state index < -0.39 is 0 Å². The summed E-state index contributed by atoms with van der Waals surface area (Å²) in [5.74, 6) is 1.36. The zero-order valence-electron chi connectivity index (χ0n) is 9.11. The van der Waals surface area contributed by atoms with Gasteiger partial charge in [0.25, 0.3) is 0 Å². The fraction of sp³-hybridized carbons (Fsp3) is 0.273. The Morgan fingerprint density at radius 3 is 2.88 bits per heavy atom. The molecule has 0 spiro atoms. The van der Waals surface area contributed by atoms with Crippen LogP contribution < -0.4 is 0 Å². The summed E-state index contributed by atoms with van der Waals surface area (Å²) in [4.78, 5) is 4.35. The number of benzene rings is 1. The number of aromatic nitrogens is 2. The molecule has 0 atom stereocenters. The minimum atomic E-state index is -0.221. The minimum absolute atomic E-state index is 0.221. The maximum Gasteiger partial charge on any atom is 0.170 e. The molecule has 0 saturated carbocycles. The predicted octanol–water partition coefficient (Wildman–Crippen LogP) is 4.29. The first-order valence-electron chi connectivity index (χ1n) is 5.07. The van der Waals surface area contributed by atoms with E-state index >= 15 is 0 Å². The van der Waals surface area contributed by atoms with E-state index in [4.69, 9.17) is 0 Å². The lowest BCUT2D eigenvalue weighted by molar-refractivity contribution is 0.625. The maximum atomic E-state index is 13.1. The molecule has 6 heteroatoms. The highest BCUT2D eigenvalue weighted by Gasteiger charge is 2.05. The summed E-state index contributed by atoms with van der Waals surface area (Å²) in [6.45, 7) is 2.03. The van der Waals surface area contributed by atoms with Gasteiger partial charge in [0.1, 0.15) is 11.6 Å². The molecule has 0 amide bonds. The van der Waals surface area contributed by atoms with Gasteiger partial charge in [-0.3, -0.25) is 0 Å². The summed E-state index contributed by atoms with van der Waals surface area (Å²) in [5.41, 5.74) is 0.940. The summed E-state index contributed by atoms with van der Waals surface area (Å²) < 4.78 is 19.1. The Hall–Kier alpha value is -0.460. The highest BCUT2D eigenvalue weighted by atomic mass is 79.9. The number of hydrogen-bond acceptors (Lipinski definition) is 4. The molecule has 0 unspecified atom stereocenters. The summed E-state index contributed by atoms with van der Waals surface area (Å²) in [5, 5.41) is 0. The van der Waals surface area contributed by atoms with E-state index in [0.29, 0.717) is 5.75 Å². The zero-order chi connectivity index (χ0) is 12.3. The molecular formula is C11H10BrFN2S2. The van der Waals surface area contributed by atoms with Crippen LogP contribution in [0.1, 0.15) is 18.3 Å². The molecule has 0 bridgehead atoms. The average Bonchev–Trinajstić information content (AvgIpc) is 2.73. The maximum absolute atomic E-state index is 13.1. The third-order valence-electron chi connectivity index (χ3n) is 2.05. The van der Waals surface area contributed by atoms with Crippen molar-refractivity contribution in [2.24, 2.45) is 0 Å². The molecular weight excluding hydrogens is 323 g/mol. The highest BCUT2D eigenvalue weighted by Crippen LogP contribution is 2.26. The summed E-state index contributed by atoms with van der Waals surface area (Å²) >= 11 is 6.26. The van der Waals surface area contributed by atoms with Crippen molar-refractivity contribution in [2.45, 2.75) is 23.4 Å². The van der Waals surface area contributed by atoms with Gasteiger partial charge in [-0.25, -0.2) is 9.37 Å². The Morgan fingerprint density at radius 1 is 1.41 bits per heavy atom. The van der Waals surface area contributed by atoms with Crippen LogP contribution in [0, 0.1) is 5.82 Å². The number of halogens is 2. The second-order valence-electron chi connectivity index (χ2n) is 3.40. The van der Waals surface area contributed by atoms with Crippen LogP contribution >= 0.6 is 39.2 Å². The second-order valence-corrected chi connectivity index (χ2v) is 6.29. The van der Waals surface area contributed by atoms with E-state index in [1.807, 2.05) is 13.0 Å². The zero-order valence-corrected chi connectivity index (χ0v) is 12.3. The third-order valence-corrected chi connectivity index (χ3v) is 4.45. The van der Waals surface area contributed by atoms with Gasteiger partial charge in [-0.1, -0.05) is 34.6 Å². The molecule has 0 N–H and O–H groups in total. The van der Waals surface area contributed by atoms with E-state index in [9.17, 15) is 4.39 Å². The van der Waals surface area contributed by atoms with E-state index in [2.05, 4.69) is 25.3 Å². The van der Waals surface area contributed by atoms with Crippen molar-refractivity contribution < 1.29 is 4.39 Å². The Morgan fingerprint density at radius 2 is 2.24 bits per heavy atom. The topological polar surface area (TPSA) is 25.8 Å². The molecule has 0 saturated heterocycles. The van der Waals surface area contributed by atoms with Crippen molar-refractivity contribution in [3.05, 3.63) is 39.9 Å². The summed E-state index contributed by atoms with van der Waals surface area (Å²) in [6.07, 6.45) is 0.850. The fourth-order valence-electron chi connectivity index (χ4n) is 1.28. The van der Waals surface area contributed by atoms with Crippen molar-refractivity contribution >= 4 is 39.2 Å². The number of nitrogens with zero attached hydrogens (tertiary/aromatic N) is 2. The second kappa shape index (κ2) is 5.93. The van der Waals surface area contributed by atoms with Gasteiger partial charge in [0.05, 0.1) is 0 Å². The summed E-state index contributed by atoms with van der Waals surface area (Å²) in [6, 6.07) is 4.91. The molecule has 0 radical (unpaired) electrons. The Balaban J connectivity index is 2.01. The van der Waals surface area contributed by atoms with Gasteiger partial charge < -0.3 is 0 Å². The van der Waals surface area contributed by atoms with Crippen molar-refractivity contribution in [1.82, 2.24) is 9.36 Å². The van der Waals surface area contributed by atoms with Crippen LogP contribution in [-0.4, -0.2) is 9.36 Å². The first-order chi connectivity index (χ1) is 8.17. The van der Waals surface area contributed by atoms with Crippen LogP contribution in [0.25, 0.3) is 0 Å². The van der Waals surface area contributed by atoms with E-state index in [1.54, 1.807) is 17.8 Å². The van der Waals surface area contributed by atoms with Crippen LogP contribution in [0.3, 0.4) is 0 Å². The van der Waals surface area contributed by atoms with E-state index in [-0.39, 0.29) is 5.82 Å². The molecule has 90 valence electrons. The molecule has 1 aromatic heterocycles. The Bertz CT molecular complexity index is 496. The fourth-order valence-corrected chi connectivity index (χ4v) is 3.42. The standard InChI is InChI=1S/C11H10BrFN2S2/c1-2-10-14-11(17-15-10)16-6-7-3-8(12)5-9(13)4-7/h3-5H,2,6H2,1H3. The lowest BCUT2D eigenvalue weighted by Gasteiger charge is -2.00. The van der Waals surface area contributed by atoms with Crippen molar-refractivity contribution in [3.63, 3.8) is 0 Å². The quantitative estimate of drug-likeness (QED) is 0.781. The summed E-state index contributed by atoms with van der Waals surface area (Å²) in [7, 11) is 0. The smallest absolute Gasteiger partial charge is 0.170 e. The molecule has 0 aliphatic carbocycles. The number of hydrogen-bond donors (Lipinski definition) is 0. The van der Waals surface area contributed by atoms with Crippen molar-refractivity contribution in [2.75, 3.05) is 0 Å². The van der Waals surface area contributed by atoms with Gasteiger partial charge in [0.15, 0.2) is 4.34 Å². The molecule has 1 heterocycles. The van der Waals surface area contributed by atoms with Gasteiger partial charge in [-0.15, -0.1) is 0 Å². The number of rotatable bonds is 4. The lowest BCUT2D eigenvalue weighted by atomic mass is 10.2. The Labute approximate surface area is 116 Å². The first kappa shape index (κ1) is 13.0. The minimum Gasteiger partial charge on any atom is -0.213 e. The normalized spacial score (nSPS) is 10.8. The molecule has 1 aromatic carbocycles. The largest absolute Gasteiger partial charge is 0.213 e.